The van der Waals surface area contributed by atoms with E-state index in [1.807, 2.05) is 6.07 Å². The fourth-order valence-corrected chi connectivity index (χ4v) is 5.43. The van der Waals surface area contributed by atoms with Gasteiger partial charge in [0.2, 0.25) is 5.95 Å². The van der Waals surface area contributed by atoms with E-state index in [1.165, 1.54) is 6.07 Å². The van der Waals surface area contributed by atoms with Crippen LogP contribution in [0.3, 0.4) is 0 Å². The molecule has 4 atom stereocenters. The fourth-order valence-electron chi connectivity index (χ4n) is 4.96. The first-order valence-electron chi connectivity index (χ1n) is 11.7. The van der Waals surface area contributed by atoms with E-state index in [1.54, 1.807) is 24.6 Å². The number of alkyl halides is 1. The number of nitrogens with zero attached hydrogens (tertiary/aromatic N) is 7. The molecule has 0 N–H and O–H groups in total. The van der Waals surface area contributed by atoms with Crippen molar-refractivity contribution in [2.75, 3.05) is 36.0 Å². The Bertz CT molecular complexity index is 1110. The molecular formula is C24H28Cl2FN7. The molecule has 5 rings (SSSR count). The van der Waals surface area contributed by atoms with Gasteiger partial charge in [0.05, 0.1) is 10.7 Å². The van der Waals surface area contributed by atoms with Crippen LogP contribution in [-0.4, -0.2) is 77.2 Å². The summed E-state index contributed by atoms with van der Waals surface area (Å²) in [4.78, 5) is 25.5. The van der Waals surface area contributed by atoms with Crippen LogP contribution in [0.5, 0.6) is 0 Å². The number of hydrogen-bond acceptors (Lipinski definition) is 7. The maximum Gasteiger partial charge on any atom is 0.228 e. The van der Waals surface area contributed by atoms with Crippen LogP contribution in [0, 0.1) is 5.82 Å². The summed E-state index contributed by atoms with van der Waals surface area (Å²) in [5.74, 6) is 1.13. The summed E-state index contributed by atoms with van der Waals surface area (Å²) in [6, 6.07) is 7.27. The van der Waals surface area contributed by atoms with E-state index < -0.39 is 5.82 Å². The van der Waals surface area contributed by atoms with E-state index in [9.17, 15) is 4.39 Å². The van der Waals surface area contributed by atoms with Crippen LogP contribution in [0.2, 0.25) is 5.02 Å². The smallest absolute Gasteiger partial charge is 0.228 e. The average Bonchev–Trinajstić information content (AvgIpc) is 3.26. The Morgan fingerprint density at radius 1 is 0.971 bits per heavy atom. The molecule has 0 spiro atoms. The SMILES string of the molecule is C[C@H]1CN(C2N=CC=NC2Cl)CCN1c1cc(-c2ccc(F)c(Cl)c2)nc(N2CCC[C@@H]2C)n1. The molecule has 0 bridgehead atoms. The Labute approximate surface area is 209 Å². The number of anilines is 2. The van der Waals surface area contributed by atoms with E-state index in [4.69, 9.17) is 33.2 Å². The van der Waals surface area contributed by atoms with E-state index >= 15 is 0 Å². The number of aliphatic imine (C=N–C) groups is 2. The molecular weight excluding hydrogens is 476 g/mol. The van der Waals surface area contributed by atoms with Crippen LogP contribution in [0.15, 0.2) is 34.3 Å². The fraction of sp³-hybridized carbons (Fsp3) is 0.500. The first-order valence-corrected chi connectivity index (χ1v) is 12.5. The van der Waals surface area contributed by atoms with Crippen LogP contribution in [-0.2, 0) is 0 Å². The Morgan fingerprint density at radius 3 is 2.50 bits per heavy atom. The Balaban J connectivity index is 1.46. The summed E-state index contributed by atoms with van der Waals surface area (Å²) in [5, 5.41) is 0.0852. The minimum absolute atomic E-state index is 0.0852. The van der Waals surface area contributed by atoms with E-state index in [0.717, 1.165) is 56.1 Å². The molecule has 4 heterocycles. The molecule has 3 aliphatic rings. The third-order valence-corrected chi connectivity index (χ3v) is 7.46. The van der Waals surface area contributed by atoms with Crippen LogP contribution in [0.1, 0.15) is 26.7 Å². The third-order valence-electron chi connectivity index (χ3n) is 6.83. The van der Waals surface area contributed by atoms with Crippen molar-refractivity contribution in [3.8, 4) is 11.3 Å². The molecule has 180 valence electrons. The second-order valence-corrected chi connectivity index (χ2v) is 10.00. The summed E-state index contributed by atoms with van der Waals surface area (Å²) in [5.41, 5.74) is 1.14. The molecule has 3 aliphatic heterocycles. The van der Waals surface area contributed by atoms with Gasteiger partial charge < -0.3 is 9.80 Å². The summed E-state index contributed by atoms with van der Waals surface area (Å²) >= 11 is 12.5. The van der Waals surface area contributed by atoms with E-state index in [-0.39, 0.29) is 22.7 Å². The van der Waals surface area contributed by atoms with Gasteiger partial charge in [0, 0.05) is 62.3 Å². The van der Waals surface area contributed by atoms with Gasteiger partial charge in [-0.15, -0.1) is 0 Å². The van der Waals surface area contributed by atoms with Gasteiger partial charge >= 0.3 is 0 Å². The number of benzene rings is 1. The highest BCUT2D eigenvalue weighted by molar-refractivity contribution is 6.31. The largest absolute Gasteiger partial charge is 0.351 e. The molecule has 2 aromatic rings. The summed E-state index contributed by atoms with van der Waals surface area (Å²) in [7, 11) is 0. The lowest BCUT2D eigenvalue weighted by Gasteiger charge is -2.43. The topological polar surface area (TPSA) is 60.2 Å². The van der Waals surface area contributed by atoms with Crippen molar-refractivity contribution in [1.82, 2.24) is 14.9 Å². The van der Waals surface area contributed by atoms with Crippen LogP contribution in [0.4, 0.5) is 16.2 Å². The normalized spacial score (nSPS) is 27.6. The maximum atomic E-state index is 13.8. The van der Waals surface area contributed by atoms with Crippen molar-refractivity contribution in [3.63, 3.8) is 0 Å². The molecule has 1 aromatic heterocycles. The van der Waals surface area contributed by atoms with Crippen molar-refractivity contribution in [1.29, 1.82) is 0 Å². The van der Waals surface area contributed by atoms with Crippen molar-refractivity contribution in [3.05, 3.63) is 35.1 Å². The van der Waals surface area contributed by atoms with E-state index in [0.29, 0.717) is 12.0 Å². The highest BCUT2D eigenvalue weighted by Crippen LogP contribution is 2.32. The predicted molar refractivity (Wildman–Crippen MR) is 137 cm³/mol. The van der Waals surface area contributed by atoms with Crippen LogP contribution >= 0.6 is 23.2 Å². The predicted octanol–water partition coefficient (Wildman–Crippen LogP) is 4.48. The number of aromatic nitrogens is 2. The molecule has 34 heavy (non-hydrogen) atoms. The molecule has 7 nitrogen and oxygen atoms in total. The number of piperazine rings is 1. The maximum absolute atomic E-state index is 13.8. The lowest BCUT2D eigenvalue weighted by atomic mass is 10.1. The zero-order valence-corrected chi connectivity index (χ0v) is 20.8. The molecule has 0 radical (unpaired) electrons. The first kappa shape index (κ1) is 23.5. The second kappa shape index (κ2) is 9.76. The van der Waals surface area contributed by atoms with Crippen molar-refractivity contribution in [2.24, 2.45) is 9.98 Å². The Morgan fingerprint density at radius 2 is 1.79 bits per heavy atom. The third kappa shape index (κ3) is 4.63. The summed E-state index contributed by atoms with van der Waals surface area (Å²) in [6.07, 6.45) is 5.45. The van der Waals surface area contributed by atoms with Crippen LogP contribution < -0.4 is 9.80 Å². The minimum Gasteiger partial charge on any atom is -0.351 e. The number of hydrogen-bond donors (Lipinski definition) is 0. The van der Waals surface area contributed by atoms with Gasteiger partial charge in [-0.3, -0.25) is 14.9 Å². The molecule has 2 unspecified atom stereocenters. The first-order chi connectivity index (χ1) is 16.4. The molecule has 0 saturated carbocycles. The van der Waals surface area contributed by atoms with Crippen LogP contribution in [0.25, 0.3) is 11.3 Å². The number of rotatable bonds is 4. The van der Waals surface area contributed by atoms with Gasteiger partial charge in [0.1, 0.15) is 17.8 Å². The van der Waals surface area contributed by atoms with Crippen molar-refractivity contribution >= 4 is 47.4 Å². The average molecular weight is 504 g/mol. The quantitative estimate of drug-likeness (QED) is 0.454. The molecule has 0 amide bonds. The lowest BCUT2D eigenvalue weighted by Crippen LogP contribution is -2.56. The molecule has 1 aromatic carbocycles. The standard InChI is InChI=1S/C24H28Cl2FN7/c1-15-4-3-9-34(15)24-30-20(17-5-6-19(27)18(25)12-17)13-21(31-24)33-11-10-32(14-16(33)2)23-22(26)28-7-8-29-23/h5-8,12-13,15-16,22-23H,3-4,9-11,14H2,1-2H3/t15-,16-,22?,23?/m0/s1. The summed E-state index contributed by atoms with van der Waals surface area (Å²) in [6.45, 7) is 7.67. The summed E-state index contributed by atoms with van der Waals surface area (Å²) < 4.78 is 13.8. The van der Waals surface area contributed by atoms with Gasteiger partial charge in [-0.25, -0.2) is 9.37 Å². The second-order valence-electron chi connectivity index (χ2n) is 9.14. The van der Waals surface area contributed by atoms with Gasteiger partial charge in [-0.05, 0) is 44.9 Å². The molecule has 2 fully saturated rings. The molecule has 2 saturated heterocycles. The lowest BCUT2D eigenvalue weighted by molar-refractivity contribution is 0.165. The van der Waals surface area contributed by atoms with Crippen molar-refractivity contribution < 1.29 is 4.39 Å². The minimum atomic E-state index is -0.440. The van der Waals surface area contributed by atoms with E-state index in [2.05, 4.69) is 38.5 Å². The molecule has 10 heteroatoms. The van der Waals surface area contributed by atoms with Gasteiger partial charge in [-0.2, -0.15) is 4.98 Å². The van der Waals surface area contributed by atoms with Crippen molar-refractivity contribution in [2.45, 2.75) is 50.4 Å². The Kier molecular flexibility index (Phi) is 6.73. The van der Waals surface area contributed by atoms with Gasteiger partial charge in [0.25, 0.3) is 0 Å². The monoisotopic (exact) mass is 503 g/mol. The zero-order chi connectivity index (χ0) is 23.8. The Hall–Kier alpha value is -2.29. The number of halogens is 3. The molecule has 0 aliphatic carbocycles. The van der Waals surface area contributed by atoms with Gasteiger partial charge in [-0.1, -0.05) is 23.2 Å². The van der Waals surface area contributed by atoms with Gasteiger partial charge in [0.15, 0.2) is 5.50 Å². The highest BCUT2D eigenvalue weighted by Gasteiger charge is 2.33. The highest BCUT2D eigenvalue weighted by atomic mass is 35.5. The zero-order valence-electron chi connectivity index (χ0n) is 19.3.